The molecular formula is C11H15ClFNO. The van der Waals surface area contributed by atoms with E-state index in [9.17, 15) is 4.39 Å². The van der Waals surface area contributed by atoms with Crippen LogP contribution in [0.2, 0.25) is 5.02 Å². The molecule has 0 amide bonds. The van der Waals surface area contributed by atoms with E-state index in [-0.39, 0.29) is 12.4 Å². The van der Waals surface area contributed by atoms with Crippen LogP contribution in [0.25, 0.3) is 0 Å². The van der Waals surface area contributed by atoms with Crippen molar-refractivity contribution < 1.29 is 9.50 Å². The largest absolute Gasteiger partial charge is 0.395 e. The molecule has 1 N–H and O–H groups in total. The molecule has 1 aromatic rings. The lowest BCUT2D eigenvalue weighted by atomic mass is 10.1. The second kappa shape index (κ2) is 5.45. The zero-order valence-corrected chi connectivity index (χ0v) is 9.68. The fourth-order valence-electron chi connectivity index (χ4n) is 1.35. The molecule has 0 unspecified atom stereocenters. The summed E-state index contributed by atoms with van der Waals surface area (Å²) < 4.78 is 13.3. The summed E-state index contributed by atoms with van der Waals surface area (Å²) >= 11 is 5.99. The summed E-state index contributed by atoms with van der Waals surface area (Å²) in [5, 5.41) is 9.30. The molecule has 0 aromatic heterocycles. The van der Waals surface area contributed by atoms with Crippen molar-refractivity contribution in [1.29, 1.82) is 0 Å². The Morgan fingerprint density at radius 3 is 2.73 bits per heavy atom. The van der Waals surface area contributed by atoms with E-state index in [1.807, 2.05) is 11.9 Å². The predicted octanol–water partition coefficient (Wildman–Crippen LogP) is 2.21. The van der Waals surface area contributed by atoms with E-state index >= 15 is 0 Å². The van der Waals surface area contributed by atoms with E-state index in [0.717, 1.165) is 5.56 Å². The van der Waals surface area contributed by atoms with Crippen LogP contribution >= 0.6 is 11.6 Å². The molecule has 0 aliphatic heterocycles. The molecule has 0 fully saturated rings. The molecule has 0 radical (unpaired) electrons. The fraction of sp³-hybridized carbons (Fsp3) is 0.455. The van der Waals surface area contributed by atoms with Gasteiger partial charge in [-0.2, -0.15) is 0 Å². The Hall–Kier alpha value is -0.640. The smallest absolute Gasteiger partial charge is 0.126 e. The Morgan fingerprint density at radius 2 is 2.13 bits per heavy atom. The van der Waals surface area contributed by atoms with Crippen LogP contribution in [0.5, 0.6) is 0 Å². The van der Waals surface area contributed by atoms with Gasteiger partial charge in [0.05, 0.1) is 6.61 Å². The van der Waals surface area contributed by atoms with E-state index in [0.29, 0.717) is 23.7 Å². The van der Waals surface area contributed by atoms with Crippen LogP contribution < -0.4 is 0 Å². The van der Waals surface area contributed by atoms with Gasteiger partial charge in [0.15, 0.2) is 0 Å². The van der Waals surface area contributed by atoms with Crippen LogP contribution in [0, 0.1) is 12.7 Å². The molecule has 1 rings (SSSR count). The van der Waals surface area contributed by atoms with Gasteiger partial charge in [-0.25, -0.2) is 4.39 Å². The van der Waals surface area contributed by atoms with Gasteiger partial charge in [0, 0.05) is 18.1 Å². The van der Waals surface area contributed by atoms with Crippen molar-refractivity contribution in [2.45, 2.75) is 13.5 Å². The second-order valence-corrected chi connectivity index (χ2v) is 4.06. The molecule has 0 bridgehead atoms. The number of benzene rings is 1. The van der Waals surface area contributed by atoms with Crippen molar-refractivity contribution in [3.05, 3.63) is 34.1 Å². The van der Waals surface area contributed by atoms with Crippen molar-refractivity contribution in [2.24, 2.45) is 0 Å². The summed E-state index contributed by atoms with van der Waals surface area (Å²) in [4.78, 5) is 1.88. The van der Waals surface area contributed by atoms with Gasteiger partial charge in [-0.1, -0.05) is 11.6 Å². The third kappa shape index (κ3) is 3.45. The average Bonchev–Trinajstić information content (AvgIpc) is 2.14. The third-order valence-corrected chi connectivity index (χ3v) is 2.60. The minimum atomic E-state index is -0.244. The van der Waals surface area contributed by atoms with Gasteiger partial charge in [-0.05, 0) is 37.2 Å². The number of hydrogen-bond acceptors (Lipinski definition) is 2. The quantitative estimate of drug-likeness (QED) is 0.859. The SMILES string of the molecule is Cc1cc(Cl)c(CN(C)CCO)cc1F. The average molecular weight is 232 g/mol. The first-order chi connectivity index (χ1) is 7.04. The Balaban J connectivity index is 2.81. The summed E-state index contributed by atoms with van der Waals surface area (Å²) in [6.45, 7) is 2.85. The van der Waals surface area contributed by atoms with Crippen LogP contribution in [-0.4, -0.2) is 30.2 Å². The van der Waals surface area contributed by atoms with Crippen LogP contribution in [0.15, 0.2) is 12.1 Å². The lowest BCUT2D eigenvalue weighted by Gasteiger charge is -2.16. The first-order valence-electron chi connectivity index (χ1n) is 4.78. The van der Waals surface area contributed by atoms with Crippen molar-refractivity contribution in [3.63, 3.8) is 0 Å². The molecule has 0 saturated carbocycles. The molecule has 0 saturated heterocycles. The Kier molecular flexibility index (Phi) is 4.51. The van der Waals surface area contributed by atoms with Gasteiger partial charge in [0.1, 0.15) is 5.82 Å². The molecule has 0 atom stereocenters. The van der Waals surface area contributed by atoms with Crippen molar-refractivity contribution >= 4 is 11.6 Å². The number of aryl methyl sites for hydroxylation is 1. The van der Waals surface area contributed by atoms with E-state index in [1.54, 1.807) is 13.0 Å². The van der Waals surface area contributed by atoms with Gasteiger partial charge >= 0.3 is 0 Å². The zero-order valence-electron chi connectivity index (χ0n) is 8.93. The molecule has 0 aliphatic carbocycles. The fourth-order valence-corrected chi connectivity index (χ4v) is 1.63. The lowest BCUT2D eigenvalue weighted by molar-refractivity contribution is 0.217. The Morgan fingerprint density at radius 1 is 1.47 bits per heavy atom. The summed E-state index contributed by atoms with van der Waals surface area (Å²) in [6.07, 6.45) is 0. The number of halogens is 2. The summed E-state index contributed by atoms with van der Waals surface area (Å²) in [6, 6.07) is 3.07. The van der Waals surface area contributed by atoms with E-state index in [4.69, 9.17) is 16.7 Å². The van der Waals surface area contributed by atoms with Gasteiger partial charge in [-0.15, -0.1) is 0 Å². The highest BCUT2D eigenvalue weighted by Crippen LogP contribution is 2.21. The Bertz CT molecular complexity index is 344. The summed E-state index contributed by atoms with van der Waals surface area (Å²) in [7, 11) is 1.85. The number of nitrogens with zero attached hydrogens (tertiary/aromatic N) is 1. The summed E-state index contributed by atoms with van der Waals surface area (Å²) in [5.74, 6) is -0.244. The first kappa shape index (κ1) is 12.4. The number of likely N-dealkylation sites (N-methyl/N-ethyl adjacent to an activating group) is 1. The number of aliphatic hydroxyl groups is 1. The van der Waals surface area contributed by atoms with Crippen LogP contribution in [0.3, 0.4) is 0 Å². The van der Waals surface area contributed by atoms with E-state index in [2.05, 4.69) is 0 Å². The molecule has 0 spiro atoms. The molecule has 0 heterocycles. The van der Waals surface area contributed by atoms with Crippen molar-refractivity contribution in [3.8, 4) is 0 Å². The van der Waals surface area contributed by atoms with E-state index < -0.39 is 0 Å². The third-order valence-electron chi connectivity index (χ3n) is 2.25. The molecular weight excluding hydrogens is 217 g/mol. The molecule has 0 aliphatic rings. The number of hydrogen-bond donors (Lipinski definition) is 1. The van der Waals surface area contributed by atoms with Gasteiger partial charge < -0.3 is 5.11 Å². The first-order valence-corrected chi connectivity index (χ1v) is 5.16. The predicted molar refractivity (Wildman–Crippen MR) is 59.6 cm³/mol. The maximum absolute atomic E-state index is 13.3. The molecule has 2 nitrogen and oxygen atoms in total. The molecule has 4 heteroatoms. The highest BCUT2D eigenvalue weighted by Gasteiger charge is 2.07. The maximum atomic E-state index is 13.3. The zero-order chi connectivity index (χ0) is 11.4. The molecule has 15 heavy (non-hydrogen) atoms. The van der Waals surface area contributed by atoms with Crippen LogP contribution in [-0.2, 0) is 6.54 Å². The minimum absolute atomic E-state index is 0.0858. The van der Waals surface area contributed by atoms with Crippen molar-refractivity contribution in [2.75, 3.05) is 20.2 Å². The summed E-state index contributed by atoms with van der Waals surface area (Å²) in [5.41, 5.74) is 1.30. The minimum Gasteiger partial charge on any atom is -0.395 e. The number of aliphatic hydroxyl groups excluding tert-OH is 1. The topological polar surface area (TPSA) is 23.5 Å². The highest BCUT2D eigenvalue weighted by atomic mass is 35.5. The van der Waals surface area contributed by atoms with Crippen molar-refractivity contribution in [1.82, 2.24) is 4.90 Å². The maximum Gasteiger partial charge on any atom is 0.126 e. The van der Waals surface area contributed by atoms with E-state index in [1.165, 1.54) is 6.07 Å². The monoisotopic (exact) mass is 231 g/mol. The normalized spacial score (nSPS) is 11.1. The Labute approximate surface area is 94.3 Å². The lowest BCUT2D eigenvalue weighted by Crippen LogP contribution is -2.21. The highest BCUT2D eigenvalue weighted by molar-refractivity contribution is 6.31. The molecule has 84 valence electrons. The van der Waals surface area contributed by atoms with Gasteiger partial charge in [-0.3, -0.25) is 4.90 Å². The second-order valence-electron chi connectivity index (χ2n) is 3.65. The van der Waals surface area contributed by atoms with Crippen LogP contribution in [0.4, 0.5) is 4.39 Å². The number of rotatable bonds is 4. The van der Waals surface area contributed by atoms with Gasteiger partial charge in [0.25, 0.3) is 0 Å². The van der Waals surface area contributed by atoms with Gasteiger partial charge in [0.2, 0.25) is 0 Å². The standard InChI is InChI=1S/C11H15ClFNO/c1-8-5-10(12)9(6-11(8)13)7-14(2)3-4-15/h5-6,15H,3-4,7H2,1-2H3. The van der Waals surface area contributed by atoms with Crippen LogP contribution in [0.1, 0.15) is 11.1 Å². The molecule has 1 aromatic carbocycles.